The molecule has 0 bridgehead atoms. The first kappa shape index (κ1) is 24.7. The fourth-order valence-electron chi connectivity index (χ4n) is 3.46. The van der Waals surface area contributed by atoms with Gasteiger partial charge in [0.15, 0.2) is 6.61 Å². The van der Waals surface area contributed by atoms with E-state index in [-0.39, 0.29) is 10.5 Å². The van der Waals surface area contributed by atoms with Crippen LogP contribution in [0.3, 0.4) is 0 Å². The Kier molecular flexibility index (Phi) is 8.43. The first-order valence-electron chi connectivity index (χ1n) is 10.8. The van der Waals surface area contributed by atoms with Gasteiger partial charge in [0.2, 0.25) is 10.0 Å². The van der Waals surface area contributed by atoms with Gasteiger partial charge in [-0.2, -0.15) is 4.31 Å². The molecular formula is C23H29N3O6S. The Morgan fingerprint density at radius 2 is 1.61 bits per heavy atom. The lowest BCUT2D eigenvalue weighted by Gasteiger charge is -2.28. The topological polar surface area (TPSA) is 105 Å². The van der Waals surface area contributed by atoms with Crippen molar-refractivity contribution < 1.29 is 27.5 Å². The van der Waals surface area contributed by atoms with Gasteiger partial charge in [-0.1, -0.05) is 13.8 Å². The fourth-order valence-corrected chi connectivity index (χ4v) is 4.92. The molecule has 2 aromatic rings. The highest BCUT2D eigenvalue weighted by Gasteiger charge is 2.22. The highest BCUT2D eigenvalue weighted by Crippen LogP contribution is 2.19. The Balaban J connectivity index is 1.51. The molecule has 0 spiro atoms. The minimum Gasteiger partial charge on any atom is -0.452 e. The molecule has 178 valence electrons. The Bertz CT molecular complexity index is 1040. The van der Waals surface area contributed by atoms with E-state index >= 15 is 0 Å². The Labute approximate surface area is 194 Å². The number of esters is 1. The fraction of sp³-hybridized carbons (Fsp3) is 0.391. The van der Waals surface area contributed by atoms with Crippen molar-refractivity contribution in [2.45, 2.75) is 18.7 Å². The summed E-state index contributed by atoms with van der Waals surface area (Å²) in [7, 11) is -3.61. The highest BCUT2D eigenvalue weighted by atomic mass is 32.2. The van der Waals surface area contributed by atoms with Gasteiger partial charge < -0.3 is 19.7 Å². The van der Waals surface area contributed by atoms with Crippen LogP contribution in [0.25, 0.3) is 0 Å². The Morgan fingerprint density at radius 1 is 1.00 bits per heavy atom. The monoisotopic (exact) mass is 475 g/mol. The second kappa shape index (κ2) is 11.3. The van der Waals surface area contributed by atoms with E-state index in [9.17, 15) is 18.0 Å². The molecule has 1 fully saturated rings. The molecule has 1 heterocycles. The quantitative estimate of drug-likeness (QED) is 0.555. The van der Waals surface area contributed by atoms with E-state index in [1.165, 1.54) is 28.6 Å². The van der Waals surface area contributed by atoms with Gasteiger partial charge >= 0.3 is 5.97 Å². The number of anilines is 2. The summed E-state index contributed by atoms with van der Waals surface area (Å²) >= 11 is 0. The molecule has 1 N–H and O–H groups in total. The summed E-state index contributed by atoms with van der Waals surface area (Å²) in [5.41, 5.74) is 1.81. The van der Waals surface area contributed by atoms with Crippen LogP contribution in [0.5, 0.6) is 0 Å². The third kappa shape index (κ3) is 6.31. The second-order valence-corrected chi connectivity index (χ2v) is 9.32. The van der Waals surface area contributed by atoms with Gasteiger partial charge in [0.25, 0.3) is 5.91 Å². The van der Waals surface area contributed by atoms with E-state index < -0.39 is 28.5 Å². The van der Waals surface area contributed by atoms with Crippen LogP contribution in [-0.2, 0) is 24.3 Å². The zero-order valence-corrected chi connectivity index (χ0v) is 19.6. The van der Waals surface area contributed by atoms with Crippen molar-refractivity contribution in [3.05, 3.63) is 54.1 Å². The molecule has 1 aliphatic rings. The number of carbonyl (C=O) groups is 2. The first-order valence-corrected chi connectivity index (χ1v) is 12.3. The molecule has 1 amide bonds. The number of rotatable bonds is 9. The van der Waals surface area contributed by atoms with E-state index in [1.807, 2.05) is 12.1 Å². The maximum absolute atomic E-state index is 12.5. The molecule has 0 aromatic heterocycles. The summed E-state index contributed by atoms with van der Waals surface area (Å²) in [6.07, 6.45) is 0. The molecule has 1 saturated heterocycles. The lowest BCUT2D eigenvalue weighted by molar-refractivity contribution is -0.119. The van der Waals surface area contributed by atoms with Crippen LogP contribution in [0.15, 0.2) is 53.4 Å². The van der Waals surface area contributed by atoms with Crippen molar-refractivity contribution in [1.29, 1.82) is 0 Å². The summed E-state index contributed by atoms with van der Waals surface area (Å²) < 4.78 is 36.8. The molecule has 3 rings (SSSR count). The number of sulfonamides is 1. The number of hydrogen-bond donors (Lipinski definition) is 1. The Morgan fingerprint density at radius 3 is 2.18 bits per heavy atom. The third-order valence-corrected chi connectivity index (χ3v) is 7.36. The van der Waals surface area contributed by atoms with Gasteiger partial charge in [0.05, 0.1) is 23.7 Å². The molecule has 0 atom stereocenters. The molecule has 0 aliphatic carbocycles. The van der Waals surface area contributed by atoms with Crippen molar-refractivity contribution in [2.24, 2.45) is 0 Å². The number of amides is 1. The minimum absolute atomic E-state index is 0.0982. The minimum atomic E-state index is -3.61. The molecule has 2 aromatic carbocycles. The maximum atomic E-state index is 12.5. The SMILES string of the molecule is CCN(CC)S(=O)(=O)c1ccc(C(=O)OCC(=O)Nc2ccc(N3CCOCC3)cc2)cc1. The summed E-state index contributed by atoms with van der Waals surface area (Å²) in [5.74, 6) is -1.18. The summed E-state index contributed by atoms with van der Waals surface area (Å²) in [6, 6.07) is 12.9. The second-order valence-electron chi connectivity index (χ2n) is 7.38. The maximum Gasteiger partial charge on any atom is 0.338 e. The largest absolute Gasteiger partial charge is 0.452 e. The number of nitrogens with one attached hydrogen (secondary N) is 1. The van der Waals surface area contributed by atoms with Crippen LogP contribution in [0.4, 0.5) is 11.4 Å². The van der Waals surface area contributed by atoms with Crippen molar-refractivity contribution in [3.8, 4) is 0 Å². The number of nitrogens with zero attached hydrogens (tertiary/aromatic N) is 2. The van der Waals surface area contributed by atoms with Crippen molar-refractivity contribution in [2.75, 3.05) is 56.2 Å². The third-order valence-electron chi connectivity index (χ3n) is 5.29. The normalized spacial score (nSPS) is 14.2. The number of carbonyl (C=O) groups excluding carboxylic acids is 2. The van der Waals surface area contributed by atoms with Crippen LogP contribution in [-0.4, -0.2) is 70.6 Å². The molecule has 1 aliphatic heterocycles. The average molecular weight is 476 g/mol. The number of benzene rings is 2. The van der Waals surface area contributed by atoms with Crippen molar-refractivity contribution in [3.63, 3.8) is 0 Å². The number of ether oxygens (including phenoxy) is 2. The molecule has 9 nitrogen and oxygen atoms in total. The van der Waals surface area contributed by atoms with Gasteiger partial charge in [0, 0.05) is 37.6 Å². The summed E-state index contributed by atoms with van der Waals surface area (Å²) in [6.45, 7) is 6.81. The van der Waals surface area contributed by atoms with E-state index in [0.717, 1.165) is 18.8 Å². The number of hydrogen-bond acceptors (Lipinski definition) is 7. The molecule has 33 heavy (non-hydrogen) atoms. The van der Waals surface area contributed by atoms with E-state index in [2.05, 4.69) is 10.2 Å². The molecular weight excluding hydrogens is 446 g/mol. The summed E-state index contributed by atoms with van der Waals surface area (Å²) in [4.78, 5) is 26.7. The van der Waals surface area contributed by atoms with Crippen LogP contribution < -0.4 is 10.2 Å². The van der Waals surface area contributed by atoms with Gasteiger partial charge in [0.1, 0.15) is 0 Å². The highest BCUT2D eigenvalue weighted by molar-refractivity contribution is 7.89. The van der Waals surface area contributed by atoms with Gasteiger partial charge in [-0.3, -0.25) is 4.79 Å². The van der Waals surface area contributed by atoms with Crippen molar-refractivity contribution in [1.82, 2.24) is 4.31 Å². The predicted octanol–water partition coefficient (Wildman–Crippen LogP) is 2.35. The van der Waals surface area contributed by atoms with E-state index in [0.29, 0.717) is 32.0 Å². The smallest absolute Gasteiger partial charge is 0.338 e. The van der Waals surface area contributed by atoms with Gasteiger partial charge in [-0.25, -0.2) is 13.2 Å². The van der Waals surface area contributed by atoms with Crippen LogP contribution in [0.2, 0.25) is 0 Å². The average Bonchev–Trinajstić information content (AvgIpc) is 2.84. The van der Waals surface area contributed by atoms with Gasteiger partial charge in [-0.15, -0.1) is 0 Å². The molecule has 0 saturated carbocycles. The zero-order chi connectivity index (χ0) is 23.8. The molecule has 10 heteroatoms. The summed E-state index contributed by atoms with van der Waals surface area (Å²) in [5, 5.41) is 2.69. The van der Waals surface area contributed by atoms with Crippen molar-refractivity contribution >= 4 is 33.3 Å². The van der Waals surface area contributed by atoms with Gasteiger partial charge in [-0.05, 0) is 48.5 Å². The lowest BCUT2D eigenvalue weighted by atomic mass is 10.2. The standard InChI is InChI=1S/C23H29N3O6S/c1-3-26(4-2)33(29,30)21-11-5-18(6-12-21)23(28)32-17-22(27)24-19-7-9-20(10-8-19)25-13-15-31-16-14-25/h5-12H,3-4,13-17H2,1-2H3,(H,24,27). The van der Waals surface area contributed by atoms with Crippen LogP contribution in [0, 0.1) is 0 Å². The molecule has 0 unspecified atom stereocenters. The van der Waals surface area contributed by atoms with E-state index in [4.69, 9.17) is 9.47 Å². The zero-order valence-electron chi connectivity index (χ0n) is 18.8. The lowest BCUT2D eigenvalue weighted by Crippen LogP contribution is -2.36. The van der Waals surface area contributed by atoms with Crippen LogP contribution in [0.1, 0.15) is 24.2 Å². The van der Waals surface area contributed by atoms with E-state index in [1.54, 1.807) is 26.0 Å². The van der Waals surface area contributed by atoms with Crippen LogP contribution >= 0.6 is 0 Å². The molecule has 0 radical (unpaired) electrons. The first-order chi connectivity index (χ1) is 15.8. The Hall–Kier alpha value is -2.95. The predicted molar refractivity (Wildman–Crippen MR) is 125 cm³/mol. The number of morpholine rings is 1.